The first-order valence-corrected chi connectivity index (χ1v) is 10.8. The van der Waals surface area contributed by atoms with E-state index in [4.69, 9.17) is 5.73 Å². The number of halogens is 4. The number of carbonyl (C=O) groups is 1. The van der Waals surface area contributed by atoms with Gasteiger partial charge in [-0.05, 0) is 25.1 Å². The lowest BCUT2D eigenvalue weighted by Crippen LogP contribution is -2.40. The number of primary amides is 1. The van der Waals surface area contributed by atoms with E-state index in [1.807, 2.05) is 11.8 Å². The third kappa shape index (κ3) is 3.99. The Hall–Kier alpha value is -3.93. The molecule has 3 aromatic rings. The van der Waals surface area contributed by atoms with Crippen molar-refractivity contribution in [2.45, 2.75) is 38.4 Å². The van der Waals surface area contributed by atoms with Gasteiger partial charge in [0.25, 0.3) is 5.91 Å². The Bertz CT molecular complexity index is 1330. The molecule has 12 heteroatoms. The van der Waals surface area contributed by atoms with Crippen molar-refractivity contribution in [1.29, 1.82) is 0 Å². The molecular weight excluding hydrogens is 466 g/mol. The lowest BCUT2D eigenvalue weighted by Gasteiger charge is -2.33. The average molecular weight is 487 g/mol. The maximum atomic E-state index is 14.4. The Morgan fingerprint density at radius 2 is 2.00 bits per heavy atom. The molecule has 0 radical (unpaired) electrons. The number of rotatable bonds is 4. The summed E-state index contributed by atoms with van der Waals surface area (Å²) in [5.41, 5.74) is 6.98. The second-order valence-electron chi connectivity index (χ2n) is 8.37. The summed E-state index contributed by atoms with van der Waals surface area (Å²) in [6.07, 6.45) is -3.87. The number of aromatic nitrogens is 2. The van der Waals surface area contributed by atoms with Crippen LogP contribution in [-0.2, 0) is 19.3 Å². The third-order valence-corrected chi connectivity index (χ3v) is 6.31. The Balaban J connectivity index is 1.52. The van der Waals surface area contributed by atoms with Gasteiger partial charge in [-0.2, -0.15) is 18.3 Å². The minimum Gasteiger partial charge on any atom is -0.366 e. The summed E-state index contributed by atoms with van der Waals surface area (Å²) in [6, 6.07) is 7.57. The number of fused-ring (bicyclic) bond motifs is 2. The highest BCUT2D eigenvalue weighted by molar-refractivity contribution is 6.06. The summed E-state index contributed by atoms with van der Waals surface area (Å²) in [6.45, 7) is 1.97. The molecule has 0 fully saturated rings. The molecule has 0 aliphatic carbocycles. The maximum absolute atomic E-state index is 14.4. The van der Waals surface area contributed by atoms with E-state index < -0.39 is 41.7 Å². The van der Waals surface area contributed by atoms with E-state index >= 15 is 0 Å². The quantitative estimate of drug-likeness (QED) is 0.418. The lowest BCUT2D eigenvalue weighted by molar-refractivity contribution is -0.138. The first-order valence-electron chi connectivity index (χ1n) is 10.8. The van der Waals surface area contributed by atoms with Gasteiger partial charge >= 0.3 is 6.18 Å². The molecule has 5 N–H and O–H groups in total. The predicted octanol–water partition coefficient (Wildman–Crippen LogP) is 3.81. The van der Waals surface area contributed by atoms with Crippen LogP contribution in [0.15, 0.2) is 47.6 Å². The number of nitrogens with zero attached hydrogens (tertiary/aromatic N) is 3. The van der Waals surface area contributed by atoms with Crippen LogP contribution in [0.25, 0.3) is 0 Å². The van der Waals surface area contributed by atoms with Crippen molar-refractivity contribution < 1.29 is 22.4 Å². The number of alkyl halides is 3. The Labute approximate surface area is 197 Å². The van der Waals surface area contributed by atoms with Crippen molar-refractivity contribution in [3.8, 4) is 0 Å². The molecule has 0 saturated carbocycles. The zero-order chi connectivity index (χ0) is 24.9. The fourth-order valence-corrected chi connectivity index (χ4v) is 4.53. The maximum Gasteiger partial charge on any atom is 0.416 e. The number of benzene rings is 2. The number of aromatic amines is 1. The zero-order valence-electron chi connectivity index (χ0n) is 18.4. The normalized spacial score (nSPS) is 19.1. The molecule has 0 bridgehead atoms. The molecule has 5 rings (SSSR count). The summed E-state index contributed by atoms with van der Waals surface area (Å²) in [5.74, 6) is -1.26. The van der Waals surface area contributed by atoms with Gasteiger partial charge in [0.1, 0.15) is 12.0 Å². The molecule has 2 atom stereocenters. The van der Waals surface area contributed by atoms with E-state index in [0.29, 0.717) is 23.8 Å². The van der Waals surface area contributed by atoms with Crippen molar-refractivity contribution in [2.75, 3.05) is 5.32 Å². The molecule has 3 heterocycles. The molecule has 2 aliphatic rings. The van der Waals surface area contributed by atoms with Crippen molar-refractivity contribution in [3.05, 3.63) is 81.9 Å². The molecular formula is C23H21F4N7O. The molecule has 0 spiro atoms. The minimum atomic E-state index is -4.72. The number of hydrogen-bond acceptors (Lipinski definition) is 6. The van der Waals surface area contributed by atoms with Gasteiger partial charge < -0.3 is 16.0 Å². The molecule has 35 heavy (non-hydrogen) atoms. The van der Waals surface area contributed by atoms with Gasteiger partial charge in [0.2, 0.25) is 5.96 Å². The van der Waals surface area contributed by atoms with Crippen LogP contribution in [0, 0.1) is 5.82 Å². The molecule has 1 unspecified atom stereocenters. The standard InChI is InChI=1S/C23H21F4N7O/c1-11-14-9-30-33-18(14)10-34(11)22-31-19-12(20(28)35)4-2-5-13(19)21(32-22)29-8-15-16(23(25,26)27)6-3-7-17(15)24/h2-7,9,11,21,29H,8,10H2,1H3,(H2,28,35)(H,30,33)(H,31,32)/t11-,21?/m1/s1. The average Bonchev–Trinajstić information content (AvgIpc) is 3.39. The van der Waals surface area contributed by atoms with Crippen LogP contribution >= 0.6 is 0 Å². The zero-order valence-corrected chi connectivity index (χ0v) is 18.4. The highest BCUT2D eigenvalue weighted by Gasteiger charge is 2.36. The summed E-state index contributed by atoms with van der Waals surface area (Å²) in [5, 5.41) is 13.1. The van der Waals surface area contributed by atoms with Crippen LogP contribution in [-0.4, -0.2) is 27.0 Å². The topological polar surface area (TPSA) is 111 Å². The number of guanidine groups is 1. The van der Waals surface area contributed by atoms with Crippen molar-refractivity contribution in [1.82, 2.24) is 20.4 Å². The van der Waals surface area contributed by atoms with Crippen LogP contribution in [0.4, 0.5) is 23.2 Å². The van der Waals surface area contributed by atoms with Crippen molar-refractivity contribution in [2.24, 2.45) is 10.7 Å². The third-order valence-electron chi connectivity index (χ3n) is 6.31. The monoisotopic (exact) mass is 487 g/mol. The molecule has 2 aromatic carbocycles. The molecule has 1 amide bonds. The van der Waals surface area contributed by atoms with Gasteiger partial charge in [-0.1, -0.05) is 18.2 Å². The van der Waals surface area contributed by atoms with Gasteiger partial charge in [-0.25, -0.2) is 9.38 Å². The number of H-pyrrole nitrogens is 1. The number of nitrogens with one attached hydrogen (secondary N) is 3. The molecule has 182 valence electrons. The fourth-order valence-electron chi connectivity index (χ4n) is 4.53. The number of amides is 1. The SMILES string of the molecule is C[C@@H]1c2cn[nH]c2CN1C1=NC(NCc2c(F)cccc2C(F)(F)F)c2cccc(C(N)=O)c2N1. The van der Waals surface area contributed by atoms with E-state index in [1.165, 1.54) is 0 Å². The molecule has 2 aliphatic heterocycles. The molecule has 8 nitrogen and oxygen atoms in total. The Morgan fingerprint density at radius 3 is 2.71 bits per heavy atom. The van der Waals surface area contributed by atoms with Crippen LogP contribution < -0.4 is 16.4 Å². The van der Waals surface area contributed by atoms with Crippen LogP contribution in [0.3, 0.4) is 0 Å². The first kappa shape index (κ1) is 22.8. The summed E-state index contributed by atoms with van der Waals surface area (Å²) < 4.78 is 54.9. The number of nitrogens with two attached hydrogens (primary N) is 1. The van der Waals surface area contributed by atoms with Gasteiger partial charge in [0.05, 0.1) is 41.3 Å². The van der Waals surface area contributed by atoms with Crippen LogP contribution in [0.1, 0.15) is 57.4 Å². The smallest absolute Gasteiger partial charge is 0.366 e. The van der Waals surface area contributed by atoms with E-state index in [2.05, 4.69) is 25.8 Å². The molecule has 1 aromatic heterocycles. The van der Waals surface area contributed by atoms with Crippen LogP contribution in [0.5, 0.6) is 0 Å². The second kappa shape index (κ2) is 8.38. The van der Waals surface area contributed by atoms with Gasteiger partial charge in [0, 0.05) is 23.2 Å². The lowest BCUT2D eigenvalue weighted by atomic mass is 10.0. The summed E-state index contributed by atoms with van der Waals surface area (Å²) >= 11 is 0. The van der Waals surface area contributed by atoms with Gasteiger partial charge in [-0.3, -0.25) is 15.2 Å². The largest absolute Gasteiger partial charge is 0.416 e. The van der Waals surface area contributed by atoms with Crippen LogP contribution in [0.2, 0.25) is 0 Å². The Kier molecular flexibility index (Phi) is 5.47. The second-order valence-corrected chi connectivity index (χ2v) is 8.37. The number of hydrogen-bond donors (Lipinski definition) is 4. The minimum absolute atomic E-state index is 0.110. The van der Waals surface area contributed by atoms with Crippen molar-refractivity contribution in [3.63, 3.8) is 0 Å². The van der Waals surface area contributed by atoms with E-state index in [1.54, 1.807) is 24.4 Å². The fraction of sp³-hybridized carbons (Fsp3) is 0.261. The number of para-hydroxylation sites is 1. The van der Waals surface area contributed by atoms with E-state index in [0.717, 1.165) is 29.5 Å². The van der Waals surface area contributed by atoms with E-state index in [-0.39, 0.29) is 11.6 Å². The highest BCUT2D eigenvalue weighted by Crippen LogP contribution is 2.38. The number of carbonyl (C=O) groups excluding carboxylic acids is 1. The van der Waals surface area contributed by atoms with Gasteiger partial charge in [0.15, 0.2) is 0 Å². The predicted molar refractivity (Wildman–Crippen MR) is 120 cm³/mol. The first-order chi connectivity index (χ1) is 16.6. The number of aliphatic imine (C=N–C) groups is 1. The number of anilines is 1. The molecule has 0 saturated heterocycles. The summed E-state index contributed by atoms with van der Waals surface area (Å²) in [7, 11) is 0. The van der Waals surface area contributed by atoms with E-state index in [9.17, 15) is 22.4 Å². The highest BCUT2D eigenvalue weighted by atomic mass is 19.4. The summed E-state index contributed by atoms with van der Waals surface area (Å²) in [4.78, 5) is 18.7. The van der Waals surface area contributed by atoms with Crippen molar-refractivity contribution >= 4 is 17.6 Å². The van der Waals surface area contributed by atoms with Gasteiger partial charge in [-0.15, -0.1) is 0 Å². The Morgan fingerprint density at radius 1 is 1.23 bits per heavy atom.